The Kier molecular flexibility index (Phi) is 7.76. The van der Waals surface area contributed by atoms with Crippen molar-refractivity contribution in [1.82, 2.24) is 5.32 Å². The summed E-state index contributed by atoms with van der Waals surface area (Å²) in [5.41, 5.74) is 0. The molecule has 0 aromatic carbocycles. The quantitative estimate of drug-likeness (QED) is 0.732. The normalized spacial score (nSPS) is 20.4. The highest BCUT2D eigenvalue weighted by molar-refractivity contribution is 5.78. The first-order valence-corrected chi connectivity index (χ1v) is 8.36. The molecule has 3 unspecified atom stereocenters. The molecule has 0 spiro atoms. The van der Waals surface area contributed by atoms with E-state index in [1.165, 1.54) is 26.2 Å². The van der Waals surface area contributed by atoms with Crippen LogP contribution in [0.25, 0.3) is 0 Å². The number of ether oxygens (including phenoxy) is 1. The summed E-state index contributed by atoms with van der Waals surface area (Å²) in [6.45, 7) is 7.45. The molecule has 0 bridgehead atoms. The average Bonchev–Trinajstić information content (AvgIpc) is 2.38. The van der Waals surface area contributed by atoms with Gasteiger partial charge in [-0.05, 0) is 38.5 Å². The van der Waals surface area contributed by atoms with E-state index in [0.29, 0.717) is 12.0 Å². The van der Waals surface area contributed by atoms with Gasteiger partial charge >= 0.3 is 5.97 Å². The van der Waals surface area contributed by atoms with Crippen LogP contribution in [0.5, 0.6) is 0 Å². The molecule has 0 radical (unpaired) electrons. The first kappa shape index (κ1) is 18.0. The van der Waals surface area contributed by atoms with Crippen LogP contribution in [0, 0.1) is 11.8 Å². The van der Waals surface area contributed by atoms with Gasteiger partial charge in [-0.15, -0.1) is 0 Å². The highest BCUT2D eigenvalue weighted by atomic mass is 16.5. The summed E-state index contributed by atoms with van der Waals surface area (Å²) in [5, 5.41) is 3.19. The minimum Gasteiger partial charge on any atom is -0.463 e. The lowest BCUT2D eigenvalue weighted by Gasteiger charge is -2.25. The monoisotopic (exact) mass is 297 g/mol. The van der Waals surface area contributed by atoms with Gasteiger partial charge in [-0.1, -0.05) is 33.1 Å². The van der Waals surface area contributed by atoms with Crippen LogP contribution in [0.15, 0.2) is 0 Å². The zero-order chi connectivity index (χ0) is 15.8. The molecule has 1 amide bonds. The van der Waals surface area contributed by atoms with Gasteiger partial charge < -0.3 is 10.1 Å². The van der Waals surface area contributed by atoms with Crippen molar-refractivity contribution in [2.75, 3.05) is 0 Å². The van der Waals surface area contributed by atoms with Crippen LogP contribution in [0.2, 0.25) is 0 Å². The number of amides is 1. The highest BCUT2D eigenvalue weighted by Crippen LogP contribution is 2.21. The molecular weight excluding hydrogens is 266 g/mol. The average molecular weight is 297 g/mol. The van der Waals surface area contributed by atoms with Gasteiger partial charge in [-0.2, -0.15) is 0 Å². The van der Waals surface area contributed by atoms with Gasteiger partial charge in [-0.25, -0.2) is 0 Å². The summed E-state index contributed by atoms with van der Waals surface area (Å²) < 4.78 is 5.14. The molecule has 4 nitrogen and oxygen atoms in total. The maximum Gasteiger partial charge on any atom is 0.302 e. The van der Waals surface area contributed by atoms with Gasteiger partial charge in [-0.3, -0.25) is 9.59 Å². The maximum absolute atomic E-state index is 12.2. The van der Waals surface area contributed by atoms with Crippen LogP contribution in [-0.4, -0.2) is 24.0 Å². The molecule has 4 heteroatoms. The third-order valence-corrected chi connectivity index (χ3v) is 4.26. The third-order valence-electron chi connectivity index (χ3n) is 4.26. The van der Waals surface area contributed by atoms with Gasteiger partial charge in [0.1, 0.15) is 0 Å². The van der Waals surface area contributed by atoms with E-state index < -0.39 is 0 Å². The lowest BCUT2D eigenvalue weighted by Crippen LogP contribution is -2.39. The molecule has 1 aliphatic rings. The van der Waals surface area contributed by atoms with Crippen molar-refractivity contribution < 1.29 is 14.3 Å². The van der Waals surface area contributed by atoms with Gasteiger partial charge in [0, 0.05) is 18.9 Å². The molecule has 0 aliphatic heterocycles. The van der Waals surface area contributed by atoms with Gasteiger partial charge in [0.2, 0.25) is 5.91 Å². The number of hydrogen-bond donors (Lipinski definition) is 1. The first-order valence-electron chi connectivity index (χ1n) is 8.36. The highest BCUT2D eigenvalue weighted by Gasteiger charge is 2.22. The van der Waals surface area contributed by atoms with E-state index >= 15 is 0 Å². The summed E-state index contributed by atoms with van der Waals surface area (Å²) >= 11 is 0. The molecule has 0 saturated heterocycles. The number of carbonyl (C=O) groups excluding carboxylic acids is 2. The molecule has 1 saturated carbocycles. The molecule has 1 fully saturated rings. The molecular formula is C17H31NO3. The Balaban J connectivity index is 2.28. The fourth-order valence-corrected chi connectivity index (χ4v) is 3.30. The van der Waals surface area contributed by atoms with Crippen LogP contribution in [0.1, 0.15) is 72.6 Å². The van der Waals surface area contributed by atoms with Crippen molar-refractivity contribution in [3.8, 4) is 0 Å². The summed E-state index contributed by atoms with van der Waals surface area (Å²) in [6, 6.07) is 0.379. The van der Waals surface area contributed by atoms with Crippen LogP contribution < -0.4 is 5.32 Å². The Morgan fingerprint density at radius 2 is 1.71 bits per heavy atom. The Morgan fingerprint density at radius 3 is 2.29 bits per heavy atom. The molecule has 21 heavy (non-hydrogen) atoms. The summed E-state index contributed by atoms with van der Waals surface area (Å²) in [7, 11) is 0. The molecule has 3 atom stereocenters. The van der Waals surface area contributed by atoms with Gasteiger partial charge in [0.05, 0.1) is 6.10 Å². The number of rotatable bonds is 7. The smallest absolute Gasteiger partial charge is 0.302 e. The van der Waals surface area contributed by atoms with E-state index in [0.717, 1.165) is 25.7 Å². The van der Waals surface area contributed by atoms with E-state index in [1.54, 1.807) is 0 Å². The summed E-state index contributed by atoms with van der Waals surface area (Å²) in [4.78, 5) is 23.1. The van der Waals surface area contributed by atoms with E-state index in [4.69, 9.17) is 4.74 Å². The maximum atomic E-state index is 12.2. The Hall–Kier alpha value is -1.06. The Bertz CT molecular complexity index is 337. The molecule has 0 heterocycles. The number of carbonyl (C=O) groups is 2. The molecule has 122 valence electrons. The Morgan fingerprint density at radius 1 is 1.10 bits per heavy atom. The molecule has 0 aromatic heterocycles. The van der Waals surface area contributed by atoms with Crippen molar-refractivity contribution in [2.24, 2.45) is 11.8 Å². The zero-order valence-electron chi connectivity index (χ0n) is 14.0. The van der Waals surface area contributed by atoms with E-state index in [2.05, 4.69) is 12.2 Å². The molecule has 1 aliphatic carbocycles. The zero-order valence-corrected chi connectivity index (χ0v) is 14.0. The SMILES string of the molecule is CC(=O)OC(C)CC(C)CC(C)C(=O)NC1CCCCC1. The number of nitrogens with one attached hydrogen (secondary N) is 1. The minimum atomic E-state index is -0.238. The lowest BCUT2D eigenvalue weighted by atomic mass is 9.91. The fourth-order valence-electron chi connectivity index (χ4n) is 3.30. The predicted octanol–water partition coefficient (Wildman–Crippen LogP) is 3.44. The second-order valence-corrected chi connectivity index (χ2v) is 6.74. The van der Waals surface area contributed by atoms with Crippen LogP contribution in [0.3, 0.4) is 0 Å². The summed E-state index contributed by atoms with van der Waals surface area (Å²) in [6.07, 6.45) is 7.57. The largest absolute Gasteiger partial charge is 0.463 e. The van der Waals surface area contributed by atoms with Crippen molar-refractivity contribution in [2.45, 2.75) is 84.8 Å². The van der Waals surface area contributed by atoms with Crippen molar-refractivity contribution in [1.29, 1.82) is 0 Å². The number of hydrogen-bond acceptors (Lipinski definition) is 3. The molecule has 0 aromatic rings. The van der Waals surface area contributed by atoms with Crippen molar-refractivity contribution in [3.63, 3.8) is 0 Å². The van der Waals surface area contributed by atoms with Gasteiger partial charge in [0.15, 0.2) is 0 Å². The van der Waals surface area contributed by atoms with Crippen LogP contribution in [0.4, 0.5) is 0 Å². The second kappa shape index (κ2) is 9.06. The van der Waals surface area contributed by atoms with Crippen molar-refractivity contribution in [3.05, 3.63) is 0 Å². The van der Waals surface area contributed by atoms with E-state index in [9.17, 15) is 9.59 Å². The van der Waals surface area contributed by atoms with E-state index in [-0.39, 0.29) is 23.9 Å². The Labute approximate surface area is 129 Å². The first-order chi connectivity index (χ1) is 9.88. The second-order valence-electron chi connectivity index (χ2n) is 6.74. The molecule has 1 N–H and O–H groups in total. The van der Waals surface area contributed by atoms with Gasteiger partial charge in [0.25, 0.3) is 0 Å². The summed E-state index contributed by atoms with van der Waals surface area (Å²) in [5.74, 6) is 0.324. The van der Waals surface area contributed by atoms with Crippen LogP contribution >= 0.6 is 0 Å². The lowest BCUT2D eigenvalue weighted by molar-refractivity contribution is -0.146. The fraction of sp³-hybridized carbons (Fsp3) is 0.882. The van der Waals surface area contributed by atoms with Crippen LogP contribution in [-0.2, 0) is 14.3 Å². The number of esters is 1. The van der Waals surface area contributed by atoms with E-state index in [1.807, 2.05) is 13.8 Å². The predicted molar refractivity (Wildman–Crippen MR) is 83.8 cm³/mol. The standard InChI is InChI=1S/C17H31NO3/c1-12(11-14(3)21-15(4)19)10-13(2)17(20)18-16-8-6-5-7-9-16/h12-14,16H,5-11H2,1-4H3,(H,18,20). The third kappa shape index (κ3) is 7.49. The molecule has 1 rings (SSSR count). The van der Waals surface area contributed by atoms with Crippen molar-refractivity contribution >= 4 is 11.9 Å². The topological polar surface area (TPSA) is 55.4 Å². The minimum absolute atomic E-state index is 0.0199.